The van der Waals surface area contributed by atoms with E-state index < -0.39 is 18.1 Å². The van der Waals surface area contributed by atoms with Crippen molar-refractivity contribution in [3.63, 3.8) is 0 Å². The molecule has 1 aromatic heterocycles. The quantitative estimate of drug-likeness (QED) is 0.867. The molecule has 2 aromatic rings. The highest BCUT2D eigenvalue weighted by Gasteiger charge is 2.47. The molecule has 1 aromatic carbocycles. The van der Waals surface area contributed by atoms with Gasteiger partial charge in [-0.05, 0) is 19.1 Å². The SMILES string of the molecule is Cc1ccc2[nH]cc([C@@H](C(=O)O)C(F)(F)F)c2c1. The van der Waals surface area contributed by atoms with Crippen molar-refractivity contribution in [3.05, 3.63) is 35.5 Å². The number of aliphatic carboxylic acids is 1. The summed E-state index contributed by atoms with van der Waals surface area (Å²) in [5.74, 6) is -4.40. The fraction of sp³-hybridized carbons (Fsp3) is 0.250. The van der Waals surface area contributed by atoms with Gasteiger partial charge in [-0.25, -0.2) is 0 Å². The molecule has 0 fully saturated rings. The number of hydrogen-bond donors (Lipinski definition) is 2. The Morgan fingerprint density at radius 1 is 1.39 bits per heavy atom. The van der Waals surface area contributed by atoms with Crippen molar-refractivity contribution in [2.24, 2.45) is 0 Å². The summed E-state index contributed by atoms with van der Waals surface area (Å²) < 4.78 is 38.3. The summed E-state index contributed by atoms with van der Waals surface area (Å²) in [7, 11) is 0. The first-order valence-corrected chi connectivity index (χ1v) is 5.18. The first-order valence-electron chi connectivity index (χ1n) is 5.18. The molecule has 0 bridgehead atoms. The molecule has 0 aliphatic heterocycles. The topological polar surface area (TPSA) is 53.1 Å². The average Bonchev–Trinajstić information content (AvgIpc) is 2.59. The molecule has 2 N–H and O–H groups in total. The van der Waals surface area contributed by atoms with Crippen molar-refractivity contribution in [2.45, 2.75) is 19.0 Å². The maximum Gasteiger partial charge on any atom is 0.406 e. The van der Waals surface area contributed by atoms with E-state index in [9.17, 15) is 18.0 Å². The minimum atomic E-state index is -4.81. The number of rotatable bonds is 2. The molecule has 0 spiro atoms. The lowest BCUT2D eigenvalue weighted by molar-refractivity contribution is -0.176. The Labute approximate surface area is 100 Å². The van der Waals surface area contributed by atoms with Crippen molar-refractivity contribution in [1.82, 2.24) is 4.98 Å². The second kappa shape index (κ2) is 4.04. The highest BCUT2D eigenvalue weighted by Crippen LogP contribution is 2.38. The maximum atomic E-state index is 12.8. The van der Waals surface area contributed by atoms with Crippen LogP contribution < -0.4 is 0 Å². The third-order valence-electron chi connectivity index (χ3n) is 2.75. The zero-order valence-electron chi connectivity index (χ0n) is 9.38. The van der Waals surface area contributed by atoms with E-state index in [1.54, 1.807) is 25.1 Å². The highest BCUT2D eigenvalue weighted by atomic mass is 19.4. The molecule has 0 saturated heterocycles. The van der Waals surface area contributed by atoms with Gasteiger partial charge in [-0.2, -0.15) is 13.2 Å². The van der Waals surface area contributed by atoms with Gasteiger partial charge in [0.25, 0.3) is 0 Å². The second-order valence-corrected chi connectivity index (χ2v) is 4.11. The number of carboxylic acid groups (broad SMARTS) is 1. The van der Waals surface area contributed by atoms with Crippen LogP contribution in [0, 0.1) is 6.92 Å². The largest absolute Gasteiger partial charge is 0.481 e. The van der Waals surface area contributed by atoms with Gasteiger partial charge in [-0.3, -0.25) is 4.79 Å². The van der Waals surface area contributed by atoms with E-state index in [0.29, 0.717) is 10.9 Å². The molecule has 1 heterocycles. The van der Waals surface area contributed by atoms with E-state index in [1.165, 1.54) is 0 Å². The molecular weight excluding hydrogens is 247 g/mol. The maximum absolute atomic E-state index is 12.8. The Kier molecular flexibility index (Phi) is 2.80. The molecule has 6 heteroatoms. The summed E-state index contributed by atoms with van der Waals surface area (Å²) >= 11 is 0. The first kappa shape index (κ1) is 12.5. The molecule has 0 amide bonds. The predicted octanol–water partition coefficient (Wildman–Crippen LogP) is 3.21. The van der Waals surface area contributed by atoms with Crippen molar-refractivity contribution in [1.29, 1.82) is 0 Å². The van der Waals surface area contributed by atoms with Crippen LogP contribution in [-0.2, 0) is 4.79 Å². The normalized spacial score (nSPS) is 13.8. The van der Waals surface area contributed by atoms with Gasteiger partial charge >= 0.3 is 12.1 Å². The fourth-order valence-electron chi connectivity index (χ4n) is 1.94. The second-order valence-electron chi connectivity index (χ2n) is 4.11. The number of halogens is 3. The lowest BCUT2D eigenvalue weighted by atomic mass is 9.97. The Balaban J connectivity index is 2.65. The van der Waals surface area contributed by atoms with Crippen molar-refractivity contribution in [2.75, 3.05) is 0 Å². The molecule has 0 radical (unpaired) electrons. The number of carboxylic acids is 1. The smallest absolute Gasteiger partial charge is 0.406 e. The molecule has 0 aliphatic rings. The van der Waals surface area contributed by atoms with Gasteiger partial charge in [0.15, 0.2) is 5.92 Å². The number of carbonyl (C=O) groups is 1. The van der Waals surface area contributed by atoms with Crippen LogP contribution in [0.3, 0.4) is 0 Å². The lowest BCUT2D eigenvalue weighted by Crippen LogP contribution is -2.28. The van der Waals surface area contributed by atoms with Crippen LogP contribution in [0.25, 0.3) is 10.9 Å². The van der Waals surface area contributed by atoms with Crippen LogP contribution in [0.15, 0.2) is 24.4 Å². The zero-order chi connectivity index (χ0) is 13.5. The fourth-order valence-corrected chi connectivity index (χ4v) is 1.94. The third kappa shape index (κ3) is 2.05. The Hall–Kier alpha value is -1.98. The Morgan fingerprint density at radius 2 is 2.06 bits per heavy atom. The standard InChI is InChI=1S/C12H10F3NO2/c1-6-2-3-9-7(4-6)8(5-16-9)10(11(17)18)12(13,14)15/h2-5,10,16H,1H3,(H,17,18)/t10-/m0/s1. The molecule has 0 saturated carbocycles. The molecule has 96 valence electrons. The summed E-state index contributed by atoms with van der Waals surface area (Å²) in [5, 5.41) is 9.07. The number of fused-ring (bicyclic) bond motifs is 1. The number of aromatic amines is 1. The van der Waals surface area contributed by atoms with Crippen molar-refractivity contribution in [3.8, 4) is 0 Å². The number of benzene rings is 1. The molecular formula is C12H10F3NO2. The lowest BCUT2D eigenvalue weighted by Gasteiger charge is -2.15. The van der Waals surface area contributed by atoms with E-state index in [2.05, 4.69) is 4.98 Å². The van der Waals surface area contributed by atoms with Gasteiger partial charge in [0, 0.05) is 22.7 Å². The number of aryl methyl sites for hydroxylation is 1. The van der Waals surface area contributed by atoms with Crippen LogP contribution >= 0.6 is 0 Å². The average molecular weight is 257 g/mol. The number of H-pyrrole nitrogens is 1. The summed E-state index contributed by atoms with van der Waals surface area (Å²) in [6.07, 6.45) is -3.71. The monoisotopic (exact) mass is 257 g/mol. The van der Waals surface area contributed by atoms with Gasteiger partial charge in [-0.15, -0.1) is 0 Å². The van der Waals surface area contributed by atoms with E-state index in [-0.39, 0.29) is 5.56 Å². The van der Waals surface area contributed by atoms with E-state index in [0.717, 1.165) is 11.8 Å². The van der Waals surface area contributed by atoms with Crippen LogP contribution in [0.4, 0.5) is 13.2 Å². The van der Waals surface area contributed by atoms with Gasteiger partial charge in [0.2, 0.25) is 0 Å². The van der Waals surface area contributed by atoms with Crippen LogP contribution in [-0.4, -0.2) is 22.2 Å². The summed E-state index contributed by atoms with van der Waals surface area (Å²) in [4.78, 5) is 13.5. The van der Waals surface area contributed by atoms with Crippen molar-refractivity contribution >= 4 is 16.9 Å². The third-order valence-corrected chi connectivity index (χ3v) is 2.75. The molecule has 18 heavy (non-hydrogen) atoms. The van der Waals surface area contributed by atoms with Crippen LogP contribution in [0.2, 0.25) is 0 Å². The summed E-state index contributed by atoms with van der Waals surface area (Å²) in [6.45, 7) is 1.74. The van der Waals surface area contributed by atoms with E-state index in [1.807, 2.05) is 0 Å². The van der Waals surface area contributed by atoms with Gasteiger partial charge < -0.3 is 10.1 Å². The minimum absolute atomic E-state index is 0.256. The molecule has 0 aliphatic carbocycles. The predicted molar refractivity (Wildman–Crippen MR) is 59.5 cm³/mol. The van der Waals surface area contributed by atoms with E-state index in [4.69, 9.17) is 5.11 Å². The van der Waals surface area contributed by atoms with Gasteiger partial charge in [-0.1, -0.05) is 11.6 Å². The summed E-state index contributed by atoms with van der Waals surface area (Å²) in [6, 6.07) is 4.91. The number of alkyl halides is 3. The van der Waals surface area contributed by atoms with Gasteiger partial charge in [0.1, 0.15) is 0 Å². The molecule has 3 nitrogen and oxygen atoms in total. The number of aromatic nitrogens is 1. The minimum Gasteiger partial charge on any atom is -0.481 e. The number of nitrogens with one attached hydrogen (secondary N) is 1. The van der Waals surface area contributed by atoms with E-state index >= 15 is 0 Å². The van der Waals surface area contributed by atoms with Crippen LogP contribution in [0.5, 0.6) is 0 Å². The zero-order valence-corrected chi connectivity index (χ0v) is 9.38. The Bertz CT molecular complexity index is 601. The molecule has 0 unspecified atom stereocenters. The number of hydrogen-bond acceptors (Lipinski definition) is 1. The van der Waals surface area contributed by atoms with Crippen LogP contribution in [0.1, 0.15) is 17.0 Å². The van der Waals surface area contributed by atoms with Gasteiger partial charge in [0.05, 0.1) is 0 Å². The Morgan fingerprint density at radius 3 is 2.61 bits per heavy atom. The first-order chi connectivity index (χ1) is 8.30. The highest BCUT2D eigenvalue weighted by molar-refractivity contribution is 5.90. The molecule has 1 atom stereocenters. The van der Waals surface area contributed by atoms with Crippen molar-refractivity contribution < 1.29 is 23.1 Å². The molecule has 2 rings (SSSR count). The summed E-state index contributed by atoms with van der Waals surface area (Å²) in [5.41, 5.74) is 1.01.